The molecule has 1 atom stereocenters. The molecule has 0 spiro atoms. The molecule has 1 aliphatic carbocycles. The summed E-state index contributed by atoms with van der Waals surface area (Å²) >= 11 is 0. The summed E-state index contributed by atoms with van der Waals surface area (Å²) in [6.07, 6.45) is 5.68. The predicted molar refractivity (Wildman–Crippen MR) is 99.3 cm³/mol. The Morgan fingerprint density at radius 2 is 1.26 bits per heavy atom. The minimum absolute atomic E-state index is 0.637. The topological polar surface area (TPSA) is 15.3 Å². The van der Waals surface area contributed by atoms with Gasteiger partial charge in [-0.25, -0.2) is 0 Å². The van der Waals surface area contributed by atoms with Crippen LogP contribution in [0, 0.1) is 40.5 Å². The lowest BCUT2D eigenvalue weighted by atomic mass is 9.80. The molecule has 2 heteroatoms. The van der Waals surface area contributed by atoms with Gasteiger partial charge >= 0.3 is 0 Å². The van der Waals surface area contributed by atoms with Gasteiger partial charge in [0.15, 0.2) is 0 Å². The first-order valence-electron chi connectivity index (χ1n) is 9.54. The number of hydrogen-bond acceptors (Lipinski definition) is 2. The van der Waals surface area contributed by atoms with Crippen molar-refractivity contribution in [3.05, 3.63) is 33.4 Å². The summed E-state index contributed by atoms with van der Waals surface area (Å²) in [6, 6.07) is 0.637. The molecule has 2 fully saturated rings. The number of benzene rings is 1. The zero-order valence-corrected chi connectivity index (χ0v) is 15.8. The van der Waals surface area contributed by atoms with E-state index in [2.05, 4.69) is 44.8 Å². The normalized spacial score (nSPS) is 21.8. The smallest absolute Gasteiger partial charge is 0.0382 e. The minimum Gasteiger partial charge on any atom is -0.314 e. The third-order valence-corrected chi connectivity index (χ3v) is 6.75. The van der Waals surface area contributed by atoms with Crippen molar-refractivity contribution in [2.24, 2.45) is 5.92 Å². The van der Waals surface area contributed by atoms with Gasteiger partial charge < -0.3 is 5.32 Å². The Morgan fingerprint density at radius 1 is 0.783 bits per heavy atom. The molecule has 1 aromatic rings. The van der Waals surface area contributed by atoms with E-state index in [0.717, 1.165) is 19.0 Å². The summed E-state index contributed by atoms with van der Waals surface area (Å²) in [6.45, 7) is 16.4. The van der Waals surface area contributed by atoms with Gasteiger partial charge in [0, 0.05) is 32.2 Å². The van der Waals surface area contributed by atoms with Crippen LogP contribution in [0.25, 0.3) is 0 Å². The Balaban J connectivity index is 2.09. The van der Waals surface area contributed by atoms with Crippen molar-refractivity contribution in [1.82, 2.24) is 10.2 Å². The second-order valence-electron chi connectivity index (χ2n) is 7.81. The molecule has 1 saturated heterocycles. The zero-order chi connectivity index (χ0) is 16.6. The first kappa shape index (κ1) is 17.0. The monoisotopic (exact) mass is 314 g/mol. The van der Waals surface area contributed by atoms with Gasteiger partial charge in [0.2, 0.25) is 0 Å². The molecule has 0 amide bonds. The second kappa shape index (κ2) is 6.94. The molecule has 0 radical (unpaired) electrons. The van der Waals surface area contributed by atoms with E-state index < -0.39 is 0 Å². The van der Waals surface area contributed by atoms with Crippen LogP contribution in [0.3, 0.4) is 0 Å². The van der Waals surface area contributed by atoms with Gasteiger partial charge in [0.05, 0.1) is 0 Å². The summed E-state index contributed by atoms with van der Waals surface area (Å²) < 4.78 is 0. The van der Waals surface area contributed by atoms with Crippen LogP contribution in [0.4, 0.5) is 0 Å². The molecule has 3 rings (SSSR count). The molecule has 2 nitrogen and oxygen atoms in total. The maximum atomic E-state index is 3.53. The average Bonchev–Trinajstić information content (AvgIpc) is 3.10. The predicted octanol–water partition coefficient (Wildman–Crippen LogP) is 4.37. The second-order valence-corrected chi connectivity index (χ2v) is 7.81. The van der Waals surface area contributed by atoms with Crippen LogP contribution in [0.5, 0.6) is 0 Å². The molecule has 128 valence electrons. The number of nitrogens with zero attached hydrogens (tertiary/aromatic N) is 1. The highest BCUT2D eigenvalue weighted by molar-refractivity contribution is 5.51. The van der Waals surface area contributed by atoms with Gasteiger partial charge in [-0.3, -0.25) is 4.90 Å². The van der Waals surface area contributed by atoms with Crippen LogP contribution in [0.2, 0.25) is 0 Å². The average molecular weight is 315 g/mol. The fourth-order valence-corrected chi connectivity index (χ4v) is 4.92. The summed E-state index contributed by atoms with van der Waals surface area (Å²) in [5.41, 5.74) is 9.30. The number of hydrogen-bond donors (Lipinski definition) is 1. The molecule has 1 aromatic carbocycles. The Hall–Kier alpha value is -0.860. The Labute approximate surface area is 142 Å². The molecule has 1 heterocycles. The quantitative estimate of drug-likeness (QED) is 0.891. The molecule has 23 heavy (non-hydrogen) atoms. The van der Waals surface area contributed by atoms with E-state index in [1.807, 2.05) is 0 Å². The van der Waals surface area contributed by atoms with E-state index in [-0.39, 0.29) is 0 Å². The van der Waals surface area contributed by atoms with Gasteiger partial charge in [-0.2, -0.15) is 0 Å². The molecule has 1 saturated carbocycles. The summed E-state index contributed by atoms with van der Waals surface area (Å²) in [4.78, 5) is 2.79. The van der Waals surface area contributed by atoms with E-state index in [1.165, 1.54) is 55.5 Å². The van der Waals surface area contributed by atoms with Crippen LogP contribution < -0.4 is 5.32 Å². The van der Waals surface area contributed by atoms with Crippen molar-refractivity contribution >= 4 is 0 Å². The molecule has 0 aromatic heterocycles. The molecule has 1 aliphatic heterocycles. The van der Waals surface area contributed by atoms with Gasteiger partial charge in [-0.1, -0.05) is 12.8 Å². The van der Waals surface area contributed by atoms with E-state index in [9.17, 15) is 0 Å². The molecule has 2 aliphatic rings. The molecular formula is C21H34N2. The largest absolute Gasteiger partial charge is 0.314 e. The molecule has 1 N–H and O–H groups in total. The highest BCUT2D eigenvalue weighted by Crippen LogP contribution is 2.43. The highest BCUT2D eigenvalue weighted by atomic mass is 15.2. The lowest BCUT2D eigenvalue weighted by molar-refractivity contribution is 0.124. The maximum Gasteiger partial charge on any atom is 0.0382 e. The van der Waals surface area contributed by atoms with Crippen molar-refractivity contribution < 1.29 is 0 Å². The van der Waals surface area contributed by atoms with Crippen LogP contribution in [0.1, 0.15) is 65.1 Å². The first-order chi connectivity index (χ1) is 11.0. The number of piperazine rings is 1. The standard InChI is InChI=1S/C21H34N2/c1-14-15(2)17(4)20(18(5)16(14)3)21(19-8-6-7-9-19)23-12-10-22-11-13-23/h19,21-22H,6-13H2,1-5H3/t21-/m0/s1. The fourth-order valence-electron chi connectivity index (χ4n) is 4.92. The molecular weight excluding hydrogens is 280 g/mol. The Morgan fingerprint density at radius 3 is 1.78 bits per heavy atom. The van der Waals surface area contributed by atoms with E-state index in [0.29, 0.717) is 6.04 Å². The van der Waals surface area contributed by atoms with Crippen molar-refractivity contribution in [1.29, 1.82) is 0 Å². The third-order valence-electron chi connectivity index (χ3n) is 6.75. The van der Waals surface area contributed by atoms with Crippen LogP contribution in [-0.2, 0) is 0 Å². The van der Waals surface area contributed by atoms with Crippen molar-refractivity contribution in [3.8, 4) is 0 Å². The molecule has 0 bridgehead atoms. The van der Waals surface area contributed by atoms with Crippen molar-refractivity contribution in [2.75, 3.05) is 26.2 Å². The van der Waals surface area contributed by atoms with Gasteiger partial charge in [0.1, 0.15) is 0 Å². The Bertz CT molecular complexity index is 535. The number of nitrogens with one attached hydrogen (secondary N) is 1. The highest BCUT2D eigenvalue weighted by Gasteiger charge is 2.34. The van der Waals surface area contributed by atoms with Crippen LogP contribution in [-0.4, -0.2) is 31.1 Å². The fraction of sp³-hybridized carbons (Fsp3) is 0.714. The van der Waals surface area contributed by atoms with Gasteiger partial charge in [-0.05, 0) is 86.8 Å². The summed E-state index contributed by atoms with van der Waals surface area (Å²) in [5, 5.41) is 3.53. The number of rotatable bonds is 3. The molecule has 0 unspecified atom stereocenters. The first-order valence-corrected chi connectivity index (χ1v) is 9.54. The summed E-state index contributed by atoms with van der Waals surface area (Å²) in [7, 11) is 0. The van der Waals surface area contributed by atoms with Gasteiger partial charge in [-0.15, -0.1) is 0 Å². The maximum absolute atomic E-state index is 3.53. The minimum atomic E-state index is 0.637. The lowest BCUT2D eigenvalue weighted by Gasteiger charge is -2.41. The van der Waals surface area contributed by atoms with E-state index >= 15 is 0 Å². The van der Waals surface area contributed by atoms with E-state index in [1.54, 1.807) is 16.7 Å². The lowest BCUT2D eigenvalue weighted by Crippen LogP contribution is -2.47. The van der Waals surface area contributed by atoms with Crippen molar-refractivity contribution in [3.63, 3.8) is 0 Å². The van der Waals surface area contributed by atoms with Crippen molar-refractivity contribution in [2.45, 2.75) is 66.3 Å². The summed E-state index contributed by atoms with van der Waals surface area (Å²) in [5.74, 6) is 0.854. The Kier molecular flexibility index (Phi) is 5.13. The third kappa shape index (κ3) is 3.08. The van der Waals surface area contributed by atoms with Gasteiger partial charge in [0.25, 0.3) is 0 Å². The zero-order valence-electron chi connectivity index (χ0n) is 15.8. The van der Waals surface area contributed by atoms with E-state index in [4.69, 9.17) is 0 Å². The SMILES string of the molecule is Cc1c(C)c(C)c([C@H](C2CCCC2)N2CCNCC2)c(C)c1C. The van der Waals surface area contributed by atoms with Crippen LogP contribution in [0.15, 0.2) is 0 Å². The van der Waals surface area contributed by atoms with Crippen LogP contribution >= 0.6 is 0 Å².